The van der Waals surface area contributed by atoms with Gasteiger partial charge in [-0.05, 0) is 30.2 Å². The van der Waals surface area contributed by atoms with Crippen molar-refractivity contribution in [3.63, 3.8) is 0 Å². The molecule has 0 spiro atoms. The summed E-state index contributed by atoms with van der Waals surface area (Å²) in [5.41, 5.74) is -0.287. The number of anilines is 2. The maximum atomic E-state index is 13.1. The van der Waals surface area contributed by atoms with E-state index in [0.29, 0.717) is 25.3 Å². The normalized spacial score (nSPS) is 17.7. The Morgan fingerprint density at radius 1 is 1.23 bits per heavy atom. The summed E-state index contributed by atoms with van der Waals surface area (Å²) >= 11 is 0. The van der Waals surface area contributed by atoms with E-state index < -0.39 is 21.7 Å². The van der Waals surface area contributed by atoms with Crippen molar-refractivity contribution in [2.75, 3.05) is 35.7 Å². The largest absolute Gasteiger partial charge is 0.433 e. The highest BCUT2D eigenvalue weighted by Crippen LogP contribution is 2.31. The summed E-state index contributed by atoms with van der Waals surface area (Å²) in [4.78, 5) is 11.5. The lowest BCUT2D eigenvalue weighted by Crippen LogP contribution is -2.56. The van der Waals surface area contributed by atoms with Gasteiger partial charge < -0.3 is 9.80 Å². The van der Waals surface area contributed by atoms with E-state index in [4.69, 9.17) is 0 Å². The highest BCUT2D eigenvalue weighted by Gasteiger charge is 2.36. The summed E-state index contributed by atoms with van der Waals surface area (Å²) in [5.74, 6) is 0.0820. The summed E-state index contributed by atoms with van der Waals surface area (Å²) in [7, 11) is -3.60. The minimum Gasteiger partial charge on any atom is -0.368 e. The zero-order valence-electron chi connectivity index (χ0n) is 17.3. The molecule has 0 amide bonds. The Morgan fingerprint density at radius 3 is 2.52 bits per heavy atom. The van der Waals surface area contributed by atoms with Gasteiger partial charge in [-0.1, -0.05) is 13.8 Å². The number of alkyl halides is 3. The van der Waals surface area contributed by atoms with Gasteiger partial charge in [0.15, 0.2) is 9.84 Å². The van der Waals surface area contributed by atoms with Gasteiger partial charge in [-0.3, -0.25) is 0 Å². The third kappa shape index (κ3) is 4.90. The van der Waals surface area contributed by atoms with E-state index in [1.54, 1.807) is 11.0 Å². The molecule has 1 unspecified atom stereocenters. The molecular weight excluding hydrogens is 431 g/mol. The Morgan fingerprint density at radius 2 is 1.94 bits per heavy atom. The van der Waals surface area contributed by atoms with Crippen LogP contribution in [-0.4, -0.2) is 50.3 Å². The first kappa shape index (κ1) is 22.8. The minimum absolute atomic E-state index is 0.0184. The molecule has 166 valence electrons. The second-order valence-corrected chi connectivity index (χ2v) is 9.74. The molecule has 1 atom stereocenters. The number of sulfone groups is 1. The summed E-state index contributed by atoms with van der Waals surface area (Å²) in [6.45, 7) is 5.13. The lowest BCUT2D eigenvalue weighted by atomic mass is 9.99. The minimum atomic E-state index is -4.56. The monoisotopic (exact) mass is 453 g/mol. The second-order valence-electron chi connectivity index (χ2n) is 7.75. The quantitative estimate of drug-likeness (QED) is 0.703. The predicted molar refractivity (Wildman–Crippen MR) is 109 cm³/mol. The first-order valence-corrected chi connectivity index (χ1v) is 11.5. The molecule has 31 heavy (non-hydrogen) atoms. The van der Waals surface area contributed by atoms with Crippen LogP contribution in [0.2, 0.25) is 0 Å². The van der Waals surface area contributed by atoms with E-state index >= 15 is 0 Å². The molecule has 3 rings (SSSR count). The van der Waals surface area contributed by atoms with E-state index in [1.807, 2.05) is 24.8 Å². The average Bonchev–Trinajstić information content (AvgIpc) is 2.71. The van der Waals surface area contributed by atoms with Crippen LogP contribution >= 0.6 is 0 Å². The Balaban J connectivity index is 1.92. The first-order chi connectivity index (χ1) is 14.4. The molecule has 2 aromatic rings. The van der Waals surface area contributed by atoms with Gasteiger partial charge in [0.05, 0.1) is 16.5 Å². The summed E-state index contributed by atoms with van der Waals surface area (Å²) in [6.07, 6.45) is -2.40. The summed E-state index contributed by atoms with van der Waals surface area (Å²) < 4.78 is 63.4. The van der Waals surface area contributed by atoms with E-state index in [0.717, 1.165) is 18.5 Å². The number of hydrogen-bond acceptors (Lipinski definition) is 7. The molecule has 0 bridgehead atoms. The number of halogens is 3. The predicted octanol–water partition coefficient (Wildman–Crippen LogP) is 3.12. The molecule has 1 aromatic heterocycles. The van der Waals surface area contributed by atoms with Crippen molar-refractivity contribution in [2.45, 2.75) is 31.0 Å². The van der Waals surface area contributed by atoms with E-state index in [1.165, 1.54) is 12.1 Å². The SMILES string of the molecule is CC(C)C1CN(c2ccc(C#N)c(S(C)(=O)=O)c2)CCN1c1nccc(C(F)(F)F)n1. The van der Waals surface area contributed by atoms with Crippen molar-refractivity contribution in [1.29, 1.82) is 5.26 Å². The smallest absolute Gasteiger partial charge is 0.368 e. The molecule has 0 N–H and O–H groups in total. The molecule has 1 aromatic carbocycles. The van der Waals surface area contributed by atoms with Crippen molar-refractivity contribution in [1.82, 2.24) is 9.97 Å². The molecule has 11 heteroatoms. The highest BCUT2D eigenvalue weighted by molar-refractivity contribution is 7.90. The van der Waals surface area contributed by atoms with Crippen LogP contribution in [0.25, 0.3) is 0 Å². The van der Waals surface area contributed by atoms with Crippen molar-refractivity contribution in [2.24, 2.45) is 5.92 Å². The average molecular weight is 453 g/mol. The van der Waals surface area contributed by atoms with Crippen LogP contribution in [0.3, 0.4) is 0 Å². The van der Waals surface area contributed by atoms with E-state index in [9.17, 15) is 26.9 Å². The van der Waals surface area contributed by atoms with Crippen LogP contribution in [0.15, 0.2) is 35.4 Å². The number of aromatic nitrogens is 2. The van der Waals surface area contributed by atoms with Gasteiger partial charge in [0.25, 0.3) is 0 Å². The lowest BCUT2D eigenvalue weighted by Gasteiger charge is -2.44. The third-order valence-electron chi connectivity index (χ3n) is 5.23. The maximum absolute atomic E-state index is 13.1. The van der Waals surface area contributed by atoms with Crippen LogP contribution < -0.4 is 9.80 Å². The van der Waals surface area contributed by atoms with Gasteiger partial charge >= 0.3 is 6.18 Å². The number of piperazine rings is 1. The van der Waals surface area contributed by atoms with Gasteiger partial charge in [0, 0.05) is 37.8 Å². The number of hydrogen-bond donors (Lipinski definition) is 0. The fourth-order valence-corrected chi connectivity index (χ4v) is 4.46. The summed E-state index contributed by atoms with van der Waals surface area (Å²) in [5, 5.41) is 9.21. The van der Waals surface area contributed by atoms with Gasteiger partial charge in [-0.25, -0.2) is 18.4 Å². The Kier molecular flexibility index (Phi) is 6.14. The van der Waals surface area contributed by atoms with Crippen LogP contribution in [0.5, 0.6) is 0 Å². The number of nitrogens with zero attached hydrogens (tertiary/aromatic N) is 5. The molecule has 7 nitrogen and oxygen atoms in total. The van der Waals surface area contributed by atoms with Gasteiger partial charge in [0.2, 0.25) is 5.95 Å². The highest BCUT2D eigenvalue weighted by atomic mass is 32.2. The van der Waals surface area contributed by atoms with Crippen LogP contribution in [0.1, 0.15) is 25.1 Å². The fraction of sp³-hybridized carbons (Fsp3) is 0.450. The zero-order valence-corrected chi connectivity index (χ0v) is 18.1. The molecule has 1 fully saturated rings. The van der Waals surface area contributed by atoms with Crippen LogP contribution in [0.4, 0.5) is 24.8 Å². The van der Waals surface area contributed by atoms with Crippen molar-refractivity contribution < 1.29 is 21.6 Å². The van der Waals surface area contributed by atoms with Crippen molar-refractivity contribution in [3.05, 3.63) is 41.7 Å². The van der Waals surface area contributed by atoms with Crippen molar-refractivity contribution >= 4 is 21.5 Å². The van der Waals surface area contributed by atoms with Crippen LogP contribution in [0, 0.1) is 17.2 Å². The number of benzene rings is 1. The Bertz CT molecular complexity index is 1110. The molecule has 1 aliphatic rings. The number of rotatable bonds is 4. The van der Waals surface area contributed by atoms with Crippen molar-refractivity contribution in [3.8, 4) is 6.07 Å². The Labute approximate surface area is 179 Å². The molecule has 1 saturated heterocycles. The molecule has 0 radical (unpaired) electrons. The second kappa shape index (κ2) is 8.34. The molecule has 2 heterocycles. The zero-order chi connectivity index (χ0) is 23.0. The standard InChI is InChI=1S/C20H22F3N5O2S/c1-13(2)16-12-27(15-5-4-14(11-24)17(10-15)31(3,29)30)8-9-28(16)19-25-7-6-18(26-19)20(21,22)23/h4-7,10,13,16H,8-9,12H2,1-3H3. The van der Waals surface area contributed by atoms with Gasteiger partial charge in [0.1, 0.15) is 11.8 Å². The molecule has 1 aliphatic heterocycles. The first-order valence-electron chi connectivity index (χ1n) is 9.58. The van der Waals surface area contributed by atoms with Crippen LogP contribution in [-0.2, 0) is 16.0 Å². The number of nitriles is 1. The van der Waals surface area contributed by atoms with Gasteiger partial charge in [-0.2, -0.15) is 18.4 Å². The topological polar surface area (TPSA) is 90.2 Å². The third-order valence-corrected chi connectivity index (χ3v) is 6.37. The van der Waals surface area contributed by atoms with Gasteiger partial charge in [-0.15, -0.1) is 0 Å². The maximum Gasteiger partial charge on any atom is 0.433 e. The summed E-state index contributed by atoms with van der Waals surface area (Å²) in [6, 6.07) is 7.16. The van der Waals surface area contributed by atoms with E-state index in [-0.39, 0.29) is 28.4 Å². The fourth-order valence-electron chi connectivity index (χ4n) is 3.61. The molecular formula is C20H22F3N5O2S. The van der Waals surface area contributed by atoms with E-state index in [2.05, 4.69) is 9.97 Å². The molecule has 0 aliphatic carbocycles. The Hall–Kier alpha value is -2.87. The lowest BCUT2D eigenvalue weighted by molar-refractivity contribution is -0.141. The molecule has 0 saturated carbocycles.